The van der Waals surface area contributed by atoms with Crippen molar-refractivity contribution in [2.75, 3.05) is 0 Å². The minimum absolute atomic E-state index is 0.683. The maximum atomic E-state index is 5.07. The molecule has 0 saturated heterocycles. The highest BCUT2D eigenvalue weighted by atomic mass is 14.9. The van der Waals surface area contributed by atoms with Gasteiger partial charge < -0.3 is 0 Å². The minimum Gasteiger partial charge on any atom is -0.244 e. The van der Waals surface area contributed by atoms with Crippen molar-refractivity contribution < 1.29 is 0 Å². The Labute approximate surface area is 266 Å². The summed E-state index contributed by atoms with van der Waals surface area (Å²) in [6.45, 7) is 0. The zero-order chi connectivity index (χ0) is 30.5. The van der Waals surface area contributed by atoms with Gasteiger partial charge in [-0.3, -0.25) is 0 Å². The number of hydrogen-bond acceptors (Lipinski definition) is 4. The predicted octanol–water partition coefficient (Wildman–Crippen LogP) is 10.5. The quantitative estimate of drug-likeness (QED) is 0.188. The van der Waals surface area contributed by atoms with Crippen molar-refractivity contribution in [1.82, 2.24) is 19.9 Å². The molecular formula is C42H26N4. The van der Waals surface area contributed by atoms with Gasteiger partial charge >= 0.3 is 0 Å². The van der Waals surface area contributed by atoms with E-state index >= 15 is 0 Å². The second kappa shape index (κ2) is 10.7. The molecule has 0 fully saturated rings. The molecule has 0 aliphatic heterocycles. The second-order valence-corrected chi connectivity index (χ2v) is 11.6. The molecule has 9 rings (SSSR count). The minimum atomic E-state index is 0.683. The number of nitrogens with zero attached hydrogens (tertiary/aromatic N) is 4. The fourth-order valence-electron chi connectivity index (χ4n) is 6.55. The summed E-state index contributed by atoms with van der Waals surface area (Å²) in [7, 11) is 0. The van der Waals surface area contributed by atoms with Gasteiger partial charge in [0.1, 0.15) is 6.33 Å². The van der Waals surface area contributed by atoms with Crippen molar-refractivity contribution >= 4 is 32.3 Å². The second-order valence-electron chi connectivity index (χ2n) is 11.6. The summed E-state index contributed by atoms with van der Waals surface area (Å²) in [5, 5.41) is 7.77. The normalized spacial score (nSPS) is 11.5. The van der Waals surface area contributed by atoms with Gasteiger partial charge in [0.05, 0.1) is 11.4 Å². The lowest BCUT2D eigenvalue weighted by Crippen LogP contribution is -1.96. The average Bonchev–Trinajstić information content (AvgIpc) is 3.14. The molecule has 4 nitrogen and oxygen atoms in total. The van der Waals surface area contributed by atoms with Crippen molar-refractivity contribution in [1.29, 1.82) is 0 Å². The molecule has 46 heavy (non-hydrogen) atoms. The van der Waals surface area contributed by atoms with Crippen LogP contribution in [-0.2, 0) is 0 Å². The fourth-order valence-corrected chi connectivity index (χ4v) is 6.55. The largest absolute Gasteiger partial charge is 0.244 e. The molecule has 0 aliphatic rings. The molecule has 0 unspecified atom stereocenters. The Balaban J connectivity index is 1.13. The molecule has 0 atom stereocenters. The van der Waals surface area contributed by atoms with Crippen LogP contribution in [0.2, 0.25) is 0 Å². The monoisotopic (exact) mass is 586 g/mol. The summed E-state index contributed by atoms with van der Waals surface area (Å²) in [4.78, 5) is 18.4. The van der Waals surface area contributed by atoms with Gasteiger partial charge in [-0.2, -0.15) is 0 Å². The smallest absolute Gasteiger partial charge is 0.160 e. The standard InChI is InChI=1S/C42H26N4/c1-2-5-29(6-3-1)38-23-39(46-42(45-38)34-17-9-27(10-18-34)35-24-43-26-44-25-35)30-13-11-28(12-14-30)36-21-19-33-16-15-31-7-4-8-32-20-22-37(36)41(33)40(31)32/h1-26H. The summed E-state index contributed by atoms with van der Waals surface area (Å²) in [6.07, 6.45) is 5.18. The summed E-state index contributed by atoms with van der Waals surface area (Å²) < 4.78 is 0. The van der Waals surface area contributed by atoms with E-state index in [4.69, 9.17) is 9.97 Å². The van der Waals surface area contributed by atoms with Crippen molar-refractivity contribution in [2.24, 2.45) is 0 Å². The number of rotatable bonds is 5. The maximum Gasteiger partial charge on any atom is 0.160 e. The van der Waals surface area contributed by atoms with Gasteiger partial charge in [-0.05, 0) is 55.1 Å². The molecule has 0 N–H and O–H groups in total. The van der Waals surface area contributed by atoms with Crippen molar-refractivity contribution in [2.45, 2.75) is 0 Å². The van der Waals surface area contributed by atoms with Crippen LogP contribution in [0.25, 0.3) is 88.5 Å². The zero-order valence-electron chi connectivity index (χ0n) is 24.8. The third kappa shape index (κ3) is 4.47. The van der Waals surface area contributed by atoms with E-state index in [1.165, 1.54) is 43.4 Å². The lowest BCUT2D eigenvalue weighted by atomic mass is 9.89. The predicted molar refractivity (Wildman–Crippen MR) is 189 cm³/mol. The first-order chi connectivity index (χ1) is 22.8. The lowest BCUT2D eigenvalue weighted by Gasteiger charge is -2.14. The molecule has 2 heterocycles. The van der Waals surface area contributed by atoms with E-state index in [0.717, 1.165) is 39.2 Å². The van der Waals surface area contributed by atoms with Gasteiger partial charge in [0.25, 0.3) is 0 Å². The molecule has 0 amide bonds. The van der Waals surface area contributed by atoms with Gasteiger partial charge in [-0.1, -0.05) is 133 Å². The third-order valence-corrected chi connectivity index (χ3v) is 8.85. The van der Waals surface area contributed by atoms with E-state index in [-0.39, 0.29) is 0 Å². The summed E-state index contributed by atoms with van der Waals surface area (Å²) in [6, 6.07) is 49.4. The number of benzene rings is 7. The van der Waals surface area contributed by atoms with Crippen LogP contribution in [0.15, 0.2) is 158 Å². The van der Waals surface area contributed by atoms with Crippen LogP contribution in [0.1, 0.15) is 0 Å². The first kappa shape index (κ1) is 26.2. The Bertz CT molecular complexity index is 2470. The van der Waals surface area contributed by atoms with Gasteiger partial charge in [0.15, 0.2) is 5.82 Å². The van der Waals surface area contributed by atoms with E-state index in [0.29, 0.717) is 5.82 Å². The average molecular weight is 587 g/mol. The molecule has 0 saturated carbocycles. The highest BCUT2D eigenvalue weighted by Gasteiger charge is 2.14. The van der Waals surface area contributed by atoms with Crippen LogP contribution in [0.4, 0.5) is 0 Å². The van der Waals surface area contributed by atoms with Gasteiger partial charge in [-0.25, -0.2) is 19.9 Å². The number of hydrogen-bond donors (Lipinski definition) is 0. The van der Waals surface area contributed by atoms with Crippen LogP contribution in [0.5, 0.6) is 0 Å². The lowest BCUT2D eigenvalue weighted by molar-refractivity contribution is 1.17. The molecule has 0 aliphatic carbocycles. The summed E-state index contributed by atoms with van der Waals surface area (Å²) >= 11 is 0. The van der Waals surface area contributed by atoms with E-state index in [1.807, 2.05) is 30.6 Å². The Kier molecular flexibility index (Phi) is 6.10. The van der Waals surface area contributed by atoms with Gasteiger partial charge in [0, 0.05) is 34.6 Å². The molecule has 0 spiro atoms. The van der Waals surface area contributed by atoms with Crippen molar-refractivity contribution in [3.05, 3.63) is 158 Å². The topological polar surface area (TPSA) is 51.6 Å². The molecule has 2 aromatic heterocycles. The van der Waals surface area contributed by atoms with Crippen LogP contribution >= 0.6 is 0 Å². The van der Waals surface area contributed by atoms with Gasteiger partial charge in [-0.15, -0.1) is 0 Å². The Morgan fingerprint density at radius 2 is 0.935 bits per heavy atom. The van der Waals surface area contributed by atoms with Gasteiger partial charge in [0.2, 0.25) is 0 Å². The van der Waals surface area contributed by atoms with E-state index in [1.54, 1.807) is 6.33 Å². The molecule has 4 heteroatoms. The highest BCUT2D eigenvalue weighted by Crippen LogP contribution is 2.39. The van der Waals surface area contributed by atoms with Crippen molar-refractivity contribution in [3.63, 3.8) is 0 Å². The molecule has 9 aromatic rings. The van der Waals surface area contributed by atoms with Crippen LogP contribution in [0, 0.1) is 0 Å². The van der Waals surface area contributed by atoms with Crippen LogP contribution in [0.3, 0.4) is 0 Å². The highest BCUT2D eigenvalue weighted by molar-refractivity contribution is 6.25. The Hall–Kier alpha value is -6.26. The summed E-state index contributed by atoms with van der Waals surface area (Å²) in [5.74, 6) is 0.683. The molecular weight excluding hydrogens is 560 g/mol. The maximum absolute atomic E-state index is 5.07. The molecule has 7 aromatic carbocycles. The summed E-state index contributed by atoms with van der Waals surface area (Å²) in [5.41, 5.74) is 9.24. The first-order valence-corrected chi connectivity index (χ1v) is 15.4. The number of aromatic nitrogens is 4. The first-order valence-electron chi connectivity index (χ1n) is 15.4. The van der Waals surface area contributed by atoms with Crippen LogP contribution < -0.4 is 0 Å². The third-order valence-electron chi connectivity index (χ3n) is 8.85. The molecule has 214 valence electrons. The molecule has 0 radical (unpaired) electrons. The van der Waals surface area contributed by atoms with E-state index < -0.39 is 0 Å². The van der Waals surface area contributed by atoms with E-state index in [9.17, 15) is 0 Å². The zero-order valence-corrected chi connectivity index (χ0v) is 24.8. The van der Waals surface area contributed by atoms with Crippen molar-refractivity contribution in [3.8, 4) is 56.2 Å². The van der Waals surface area contributed by atoms with Crippen LogP contribution in [-0.4, -0.2) is 19.9 Å². The SMILES string of the molecule is c1ccc(-c2cc(-c3ccc(-c4ccc5ccc6cccc7ccc4c5c67)cc3)nc(-c3ccc(-c4cncnc4)cc3)n2)cc1. The fraction of sp³-hybridized carbons (Fsp3) is 0. The molecule has 0 bridgehead atoms. The Morgan fingerprint density at radius 3 is 1.65 bits per heavy atom. The Morgan fingerprint density at radius 1 is 0.370 bits per heavy atom. The van der Waals surface area contributed by atoms with E-state index in [2.05, 4.69) is 131 Å².